The van der Waals surface area contributed by atoms with Gasteiger partial charge in [-0.25, -0.2) is 0 Å². The van der Waals surface area contributed by atoms with E-state index in [1.165, 1.54) is 0 Å². The normalized spacial score (nSPS) is 10.4. The van der Waals surface area contributed by atoms with Crippen molar-refractivity contribution in [3.05, 3.63) is 65.6 Å². The topological polar surface area (TPSA) is 17.1 Å². The summed E-state index contributed by atoms with van der Waals surface area (Å²) >= 11 is 9.12. The molecule has 0 aliphatic rings. The molecule has 0 bridgehead atoms. The first-order valence-corrected chi connectivity index (χ1v) is 7.91. The maximum absolute atomic E-state index is 12.4. The van der Waals surface area contributed by atoms with Crippen LogP contribution in [0.2, 0.25) is 0 Å². The van der Waals surface area contributed by atoms with Gasteiger partial charge in [0.25, 0.3) is 0 Å². The van der Waals surface area contributed by atoms with Crippen molar-refractivity contribution in [2.45, 2.75) is 6.92 Å². The zero-order valence-corrected chi connectivity index (χ0v) is 14.8. The van der Waals surface area contributed by atoms with Gasteiger partial charge in [0.05, 0.1) is 0 Å². The van der Waals surface area contributed by atoms with Crippen molar-refractivity contribution in [1.82, 2.24) is 0 Å². The van der Waals surface area contributed by atoms with E-state index < -0.39 is 0 Å². The quantitative estimate of drug-likeness (QED) is 0.419. The Morgan fingerprint density at radius 1 is 1.11 bits per heavy atom. The Labute approximate surface area is 136 Å². The van der Waals surface area contributed by atoms with Crippen LogP contribution in [0.4, 0.5) is 0 Å². The van der Waals surface area contributed by atoms with Crippen LogP contribution in [-0.2, 0) is 0 Å². The Balaban J connectivity index is 2.49. The molecule has 0 N–H and O–H groups in total. The molecule has 0 radical (unpaired) electrons. The molecule has 0 saturated heterocycles. The maximum Gasteiger partial charge on any atom is 0.194 e. The van der Waals surface area contributed by atoms with Crippen LogP contribution in [-0.4, -0.2) is 5.78 Å². The first kappa shape index (κ1) is 14.2. The van der Waals surface area contributed by atoms with Gasteiger partial charge in [-0.2, -0.15) is 0 Å². The molecular weight excluding hydrogens is 471 g/mol. The monoisotopic (exact) mass is 478 g/mol. The van der Waals surface area contributed by atoms with Crippen LogP contribution in [0.1, 0.15) is 21.5 Å². The summed E-state index contributed by atoms with van der Waals surface area (Å²) in [7, 11) is 0. The fourth-order valence-electron chi connectivity index (χ4n) is 1.61. The molecule has 2 aromatic rings. The van der Waals surface area contributed by atoms with Gasteiger partial charge in [0.2, 0.25) is 0 Å². The van der Waals surface area contributed by atoms with E-state index in [0.29, 0.717) is 11.1 Å². The molecule has 1 nitrogen and oxygen atoms in total. The fourth-order valence-corrected chi connectivity index (χ4v) is 3.13. The lowest BCUT2D eigenvalue weighted by Crippen LogP contribution is -2.03. The van der Waals surface area contributed by atoms with Crippen molar-refractivity contribution >= 4 is 60.2 Å². The highest BCUT2D eigenvalue weighted by molar-refractivity contribution is 14.1. The van der Waals surface area contributed by atoms with Crippen LogP contribution >= 0.6 is 54.5 Å². The number of halogens is 3. The molecule has 0 aliphatic heterocycles. The van der Waals surface area contributed by atoms with Gasteiger partial charge in [-0.3, -0.25) is 4.79 Å². The van der Waals surface area contributed by atoms with Crippen molar-refractivity contribution in [1.29, 1.82) is 0 Å². The number of carbonyl (C=O) groups is 1. The van der Waals surface area contributed by atoms with Gasteiger partial charge in [-0.1, -0.05) is 44.0 Å². The Hall–Kier alpha value is -0.200. The zero-order valence-electron chi connectivity index (χ0n) is 9.51. The summed E-state index contributed by atoms with van der Waals surface area (Å²) in [6.07, 6.45) is 0. The van der Waals surface area contributed by atoms with Crippen molar-refractivity contribution in [2.75, 3.05) is 0 Å². The van der Waals surface area contributed by atoms with E-state index in [0.717, 1.165) is 18.1 Å². The van der Waals surface area contributed by atoms with Crippen LogP contribution < -0.4 is 0 Å². The van der Waals surface area contributed by atoms with Crippen molar-refractivity contribution in [3.8, 4) is 0 Å². The van der Waals surface area contributed by atoms with Crippen LogP contribution in [0, 0.1) is 10.5 Å². The van der Waals surface area contributed by atoms with Crippen LogP contribution in [0.15, 0.2) is 45.3 Å². The molecule has 18 heavy (non-hydrogen) atoms. The van der Waals surface area contributed by atoms with E-state index >= 15 is 0 Å². The second kappa shape index (κ2) is 5.84. The first-order chi connectivity index (χ1) is 8.49. The molecule has 0 unspecified atom stereocenters. The average molecular weight is 480 g/mol. The van der Waals surface area contributed by atoms with Crippen LogP contribution in [0.3, 0.4) is 0 Å². The summed E-state index contributed by atoms with van der Waals surface area (Å²) in [6, 6.07) is 11.4. The predicted octanol–water partition coefficient (Wildman–Crippen LogP) is 5.36. The summed E-state index contributed by atoms with van der Waals surface area (Å²) in [5.41, 5.74) is 2.48. The van der Waals surface area contributed by atoms with Crippen LogP contribution in [0.25, 0.3) is 0 Å². The van der Waals surface area contributed by atoms with E-state index in [4.69, 9.17) is 0 Å². The molecule has 0 atom stereocenters. The molecule has 92 valence electrons. The lowest BCUT2D eigenvalue weighted by Gasteiger charge is -2.07. The van der Waals surface area contributed by atoms with Gasteiger partial charge in [-0.15, -0.1) is 0 Å². The van der Waals surface area contributed by atoms with Gasteiger partial charge >= 0.3 is 0 Å². The van der Waals surface area contributed by atoms with E-state index in [1.807, 2.05) is 43.3 Å². The van der Waals surface area contributed by atoms with Crippen molar-refractivity contribution in [2.24, 2.45) is 0 Å². The molecule has 4 heteroatoms. The third-order valence-electron chi connectivity index (χ3n) is 2.58. The Kier molecular flexibility index (Phi) is 4.61. The number of ketones is 1. The highest BCUT2D eigenvalue weighted by atomic mass is 127. The van der Waals surface area contributed by atoms with Crippen LogP contribution in [0.5, 0.6) is 0 Å². The smallest absolute Gasteiger partial charge is 0.194 e. The second-order valence-electron chi connectivity index (χ2n) is 3.92. The highest BCUT2D eigenvalue weighted by Crippen LogP contribution is 2.27. The number of benzene rings is 2. The largest absolute Gasteiger partial charge is 0.289 e. The van der Waals surface area contributed by atoms with Crippen molar-refractivity contribution in [3.63, 3.8) is 0 Å². The molecule has 0 aromatic heterocycles. The van der Waals surface area contributed by atoms with Crippen molar-refractivity contribution < 1.29 is 4.79 Å². The summed E-state index contributed by atoms with van der Waals surface area (Å²) in [5.74, 6) is 0.0288. The number of hydrogen-bond donors (Lipinski definition) is 0. The van der Waals surface area contributed by atoms with E-state index in [-0.39, 0.29) is 5.78 Å². The molecule has 0 heterocycles. The highest BCUT2D eigenvalue weighted by Gasteiger charge is 2.14. The SMILES string of the molecule is Cc1cc(Br)c(C(=O)c2cccc(I)c2)cc1Br. The molecule has 0 amide bonds. The molecular formula is C14H9Br2IO. The third kappa shape index (κ3) is 3.03. The minimum Gasteiger partial charge on any atom is -0.289 e. The molecule has 0 saturated carbocycles. The zero-order chi connectivity index (χ0) is 13.3. The lowest BCUT2D eigenvalue weighted by molar-refractivity contribution is 0.103. The summed E-state index contributed by atoms with van der Waals surface area (Å²) in [5, 5.41) is 0. The average Bonchev–Trinajstić information content (AvgIpc) is 2.33. The van der Waals surface area contributed by atoms with E-state index in [9.17, 15) is 4.79 Å². The minimum atomic E-state index is 0.0288. The van der Waals surface area contributed by atoms with Gasteiger partial charge < -0.3 is 0 Å². The molecule has 2 rings (SSSR count). The predicted molar refractivity (Wildman–Crippen MR) is 89.2 cm³/mol. The fraction of sp³-hybridized carbons (Fsp3) is 0.0714. The van der Waals surface area contributed by atoms with Gasteiger partial charge in [0, 0.05) is 23.6 Å². The number of rotatable bonds is 2. The molecule has 0 aliphatic carbocycles. The minimum absolute atomic E-state index is 0.0288. The molecule has 2 aromatic carbocycles. The lowest BCUT2D eigenvalue weighted by atomic mass is 10.0. The maximum atomic E-state index is 12.4. The van der Waals surface area contributed by atoms with Gasteiger partial charge in [0.1, 0.15) is 0 Å². The van der Waals surface area contributed by atoms with Gasteiger partial charge in [-0.05, 0) is 59.3 Å². The van der Waals surface area contributed by atoms with E-state index in [1.54, 1.807) is 0 Å². The molecule has 0 spiro atoms. The second-order valence-corrected chi connectivity index (χ2v) is 6.88. The summed E-state index contributed by atoms with van der Waals surface area (Å²) in [6.45, 7) is 1.99. The van der Waals surface area contributed by atoms with Gasteiger partial charge in [0.15, 0.2) is 5.78 Å². The Bertz CT molecular complexity index is 623. The van der Waals surface area contributed by atoms with E-state index in [2.05, 4.69) is 54.5 Å². The summed E-state index contributed by atoms with van der Waals surface area (Å²) < 4.78 is 2.83. The first-order valence-electron chi connectivity index (χ1n) is 5.25. The number of hydrogen-bond acceptors (Lipinski definition) is 1. The summed E-state index contributed by atoms with van der Waals surface area (Å²) in [4.78, 5) is 12.4. The molecule has 0 fully saturated rings. The number of carbonyl (C=O) groups excluding carboxylic acids is 1. The number of aryl methyl sites for hydroxylation is 1. The third-order valence-corrected chi connectivity index (χ3v) is 4.76. The standard InChI is InChI=1S/C14H9Br2IO/c1-8-5-13(16)11(7-12(8)15)14(18)9-3-2-4-10(17)6-9/h2-7H,1H3. The Morgan fingerprint density at radius 2 is 1.83 bits per heavy atom. The Morgan fingerprint density at radius 3 is 2.50 bits per heavy atom.